The van der Waals surface area contributed by atoms with Crippen LogP contribution in [0.15, 0.2) is 11.8 Å². The van der Waals surface area contributed by atoms with Crippen LogP contribution in [-0.2, 0) is 9.47 Å². The third kappa shape index (κ3) is 5.93. The summed E-state index contributed by atoms with van der Waals surface area (Å²) in [6.45, 7) is 2.22. The zero-order valence-electron chi connectivity index (χ0n) is 9.85. The Morgan fingerprint density at radius 3 is 2.82 bits per heavy atom. The number of likely N-dealkylation sites (N-methyl/N-ethyl adjacent to an activating group) is 1. The second-order valence-electron chi connectivity index (χ2n) is 3.81. The molecule has 1 N–H and O–H groups in total. The molecule has 0 aromatic heterocycles. The van der Waals surface area contributed by atoms with E-state index in [-0.39, 0.29) is 12.6 Å². The molecule has 0 radical (unpaired) electrons. The fourth-order valence-electron chi connectivity index (χ4n) is 1.66. The van der Waals surface area contributed by atoms with Crippen LogP contribution in [0.1, 0.15) is 19.8 Å². The zero-order valence-corrected chi connectivity index (χ0v) is 9.85. The van der Waals surface area contributed by atoms with E-state index in [1.165, 1.54) is 0 Å². The Morgan fingerprint density at radius 2 is 2.29 bits per heavy atom. The Morgan fingerprint density at radius 1 is 1.53 bits per heavy atom. The molecule has 6 heteroatoms. The third-order valence-corrected chi connectivity index (χ3v) is 2.34. The molecule has 0 saturated heterocycles. The predicted octanol–water partition coefficient (Wildman–Crippen LogP) is 2.24. The van der Waals surface area contributed by atoms with Gasteiger partial charge in [0.25, 0.3) is 0 Å². The molecule has 0 bridgehead atoms. The lowest BCUT2D eigenvalue weighted by molar-refractivity contribution is -0.174. The second kappa shape index (κ2) is 6.86. The van der Waals surface area contributed by atoms with Gasteiger partial charge in [0.05, 0.1) is 12.6 Å². The molecule has 100 valence electrons. The van der Waals surface area contributed by atoms with Gasteiger partial charge in [-0.25, -0.2) is 0 Å². The molecule has 1 rings (SSSR count). The van der Waals surface area contributed by atoms with Gasteiger partial charge in [-0.15, -0.1) is 0 Å². The van der Waals surface area contributed by atoms with Crippen molar-refractivity contribution in [2.45, 2.75) is 32.0 Å². The zero-order chi connectivity index (χ0) is 12.7. The lowest BCUT2D eigenvalue weighted by Crippen LogP contribution is -2.32. The van der Waals surface area contributed by atoms with Crippen LogP contribution >= 0.6 is 0 Å². The van der Waals surface area contributed by atoms with E-state index >= 15 is 0 Å². The topological polar surface area (TPSA) is 30.5 Å². The van der Waals surface area contributed by atoms with Gasteiger partial charge in [-0.2, -0.15) is 13.2 Å². The molecule has 0 aromatic rings. The summed E-state index contributed by atoms with van der Waals surface area (Å²) in [5.74, 6) is 0.822. The molecule has 1 heterocycles. The van der Waals surface area contributed by atoms with Gasteiger partial charge in [0, 0.05) is 13.0 Å². The molecule has 0 aromatic carbocycles. The molecule has 17 heavy (non-hydrogen) atoms. The van der Waals surface area contributed by atoms with Gasteiger partial charge in [0.2, 0.25) is 0 Å². The van der Waals surface area contributed by atoms with Gasteiger partial charge in [-0.3, -0.25) is 0 Å². The van der Waals surface area contributed by atoms with Crippen molar-refractivity contribution in [2.24, 2.45) is 0 Å². The largest absolute Gasteiger partial charge is 0.496 e. The quantitative estimate of drug-likeness (QED) is 0.706. The van der Waals surface area contributed by atoms with Crippen LogP contribution in [0.4, 0.5) is 13.2 Å². The van der Waals surface area contributed by atoms with Crippen LogP contribution in [0.3, 0.4) is 0 Å². The minimum Gasteiger partial charge on any atom is -0.496 e. The highest BCUT2D eigenvalue weighted by molar-refractivity contribution is 5.06. The Hall–Kier alpha value is -0.750. The van der Waals surface area contributed by atoms with Crippen LogP contribution in [-0.4, -0.2) is 38.6 Å². The van der Waals surface area contributed by atoms with Crippen LogP contribution in [0.5, 0.6) is 0 Å². The van der Waals surface area contributed by atoms with E-state index in [9.17, 15) is 13.2 Å². The Labute approximate surface area is 99.0 Å². The average Bonchev–Trinajstić information content (AvgIpc) is 2.74. The fraction of sp³-hybridized carbons (Fsp3) is 0.818. The smallest absolute Gasteiger partial charge is 0.411 e. The minimum absolute atomic E-state index is 0.0456. The predicted molar refractivity (Wildman–Crippen MR) is 57.6 cm³/mol. The van der Waals surface area contributed by atoms with Crippen LogP contribution < -0.4 is 5.32 Å². The second-order valence-corrected chi connectivity index (χ2v) is 3.81. The van der Waals surface area contributed by atoms with Crippen molar-refractivity contribution in [3.05, 3.63) is 11.8 Å². The molecule has 0 saturated carbocycles. The summed E-state index contributed by atoms with van der Waals surface area (Å²) in [4.78, 5) is 0. The summed E-state index contributed by atoms with van der Waals surface area (Å²) in [5, 5.41) is 3.17. The van der Waals surface area contributed by atoms with Gasteiger partial charge in [-0.05, 0) is 19.0 Å². The molecule has 1 aliphatic heterocycles. The minimum atomic E-state index is -4.25. The summed E-state index contributed by atoms with van der Waals surface area (Å²) < 4.78 is 45.5. The number of halogens is 3. The summed E-state index contributed by atoms with van der Waals surface area (Å²) >= 11 is 0. The van der Waals surface area contributed by atoms with Crippen molar-refractivity contribution in [3.63, 3.8) is 0 Å². The normalized spacial score (nSPS) is 17.8. The maximum absolute atomic E-state index is 11.9. The highest BCUT2D eigenvalue weighted by atomic mass is 19.4. The van der Waals surface area contributed by atoms with Crippen molar-refractivity contribution in [2.75, 3.05) is 26.4 Å². The molecule has 3 nitrogen and oxygen atoms in total. The number of nitrogens with one attached hydrogen (secondary N) is 1. The van der Waals surface area contributed by atoms with Crippen molar-refractivity contribution in [3.8, 4) is 0 Å². The number of ether oxygens (including phenoxy) is 2. The van der Waals surface area contributed by atoms with Crippen molar-refractivity contribution in [1.29, 1.82) is 0 Å². The first kappa shape index (κ1) is 14.3. The average molecular weight is 253 g/mol. The van der Waals surface area contributed by atoms with E-state index < -0.39 is 12.8 Å². The first-order chi connectivity index (χ1) is 8.03. The van der Waals surface area contributed by atoms with E-state index in [0.29, 0.717) is 13.0 Å². The van der Waals surface area contributed by atoms with E-state index in [4.69, 9.17) is 4.74 Å². The van der Waals surface area contributed by atoms with E-state index in [1.807, 2.05) is 13.0 Å². The molecule has 0 aliphatic carbocycles. The number of rotatable bonds is 7. The Bertz CT molecular complexity index is 254. The number of hydrogen-bond acceptors (Lipinski definition) is 3. The standard InChI is InChI=1S/C11H18F3NO2/c1-2-15-9(10-4-3-6-17-10)5-7-16-8-11(12,13)14/h4,9,15H,2-3,5-8H2,1H3. The van der Waals surface area contributed by atoms with Crippen LogP contribution in [0.25, 0.3) is 0 Å². The lowest BCUT2D eigenvalue weighted by Gasteiger charge is -2.19. The van der Waals surface area contributed by atoms with E-state index in [1.54, 1.807) is 0 Å². The highest BCUT2D eigenvalue weighted by Crippen LogP contribution is 2.17. The number of alkyl halides is 3. The van der Waals surface area contributed by atoms with E-state index in [2.05, 4.69) is 10.1 Å². The van der Waals surface area contributed by atoms with Crippen LogP contribution in [0, 0.1) is 0 Å². The van der Waals surface area contributed by atoms with Gasteiger partial charge in [-0.1, -0.05) is 6.92 Å². The maximum Gasteiger partial charge on any atom is 0.411 e. The first-order valence-corrected chi connectivity index (χ1v) is 5.73. The fourth-order valence-corrected chi connectivity index (χ4v) is 1.66. The maximum atomic E-state index is 11.9. The van der Waals surface area contributed by atoms with Gasteiger partial charge in [0.15, 0.2) is 0 Å². The van der Waals surface area contributed by atoms with Gasteiger partial charge >= 0.3 is 6.18 Å². The van der Waals surface area contributed by atoms with E-state index in [0.717, 1.165) is 18.7 Å². The molecule has 0 fully saturated rings. The molecular formula is C11H18F3NO2. The lowest BCUT2D eigenvalue weighted by atomic mass is 10.1. The highest BCUT2D eigenvalue weighted by Gasteiger charge is 2.27. The number of hydrogen-bond donors (Lipinski definition) is 1. The first-order valence-electron chi connectivity index (χ1n) is 5.73. The Balaban J connectivity index is 2.25. The summed E-state index contributed by atoms with van der Waals surface area (Å²) in [7, 11) is 0. The van der Waals surface area contributed by atoms with Crippen molar-refractivity contribution < 1.29 is 22.6 Å². The summed E-state index contributed by atoms with van der Waals surface area (Å²) in [6, 6.07) is -0.0456. The van der Waals surface area contributed by atoms with Gasteiger partial charge in [0.1, 0.15) is 12.4 Å². The molecule has 1 atom stereocenters. The molecule has 1 aliphatic rings. The Kier molecular flexibility index (Phi) is 5.77. The summed E-state index contributed by atoms with van der Waals surface area (Å²) in [5.41, 5.74) is 0. The molecule has 1 unspecified atom stereocenters. The molecule has 0 amide bonds. The molecular weight excluding hydrogens is 235 g/mol. The van der Waals surface area contributed by atoms with Crippen LogP contribution in [0.2, 0.25) is 0 Å². The van der Waals surface area contributed by atoms with Gasteiger partial charge < -0.3 is 14.8 Å². The van der Waals surface area contributed by atoms with Crippen molar-refractivity contribution >= 4 is 0 Å². The monoisotopic (exact) mass is 253 g/mol. The molecule has 0 spiro atoms. The SMILES string of the molecule is CCNC(CCOCC(F)(F)F)C1=CCCO1. The third-order valence-electron chi connectivity index (χ3n) is 2.34. The summed E-state index contributed by atoms with van der Waals surface area (Å²) in [6.07, 6.45) is -0.940. The van der Waals surface area contributed by atoms with Crippen molar-refractivity contribution in [1.82, 2.24) is 5.32 Å².